The van der Waals surface area contributed by atoms with E-state index in [4.69, 9.17) is 0 Å². The maximum absolute atomic E-state index is 11.5. The van der Waals surface area contributed by atoms with Crippen molar-refractivity contribution in [2.45, 2.75) is 31.3 Å². The Morgan fingerprint density at radius 3 is 2.65 bits per heavy atom. The molecule has 3 N–H and O–H groups in total. The fourth-order valence-corrected chi connectivity index (χ4v) is 1.70. The van der Waals surface area contributed by atoms with E-state index in [9.17, 15) is 9.90 Å². The maximum Gasteiger partial charge on any atom is 0.315 e. The minimum Gasteiger partial charge on any atom is -0.394 e. The molecular formula is C13H18N2O2. The van der Waals surface area contributed by atoms with Gasteiger partial charge in [-0.15, -0.1) is 0 Å². The van der Waals surface area contributed by atoms with Crippen molar-refractivity contribution >= 4 is 6.03 Å². The third kappa shape index (κ3) is 4.07. The molecule has 2 amide bonds. The molecule has 0 spiro atoms. The summed E-state index contributed by atoms with van der Waals surface area (Å²) < 4.78 is 0. The minimum absolute atomic E-state index is 0.0486. The third-order valence-electron chi connectivity index (χ3n) is 2.79. The van der Waals surface area contributed by atoms with Gasteiger partial charge in [-0.2, -0.15) is 0 Å². The summed E-state index contributed by atoms with van der Waals surface area (Å²) in [4.78, 5) is 11.5. The van der Waals surface area contributed by atoms with Crippen molar-refractivity contribution in [3.63, 3.8) is 0 Å². The number of carbonyl (C=O) groups is 1. The van der Waals surface area contributed by atoms with E-state index in [1.54, 1.807) is 0 Å². The van der Waals surface area contributed by atoms with Crippen LogP contribution in [0.1, 0.15) is 18.4 Å². The molecule has 2 rings (SSSR count). The number of urea groups is 1. The highest BCUT2D eigenvalue weighted by Crippen LogP contribution is 2.18. The van der Waals surface area contributed by atoms with Crippen molar-refractivity contribution in [2.24, 2.45) is 0 Å². The van der Waals surface area contributed by atoms with Gasteiger partial charge in [-0.3, -0.25) is 0 Å². The number of aliphatic hydroxyl groups excluding tert-OH is 1. The SMILES string of the molecule is O=C(NC1CC1)NC(CO)Cc1ccccc1. The molecule has 1 unspecified atom stereocenters. The first-order chi connectivity index (χ1) is 8.28. The Hall–Kier alpha value is -1.55. The van der Waals surface area contributed by atoms with Crippen LogP contribution in [0.25, 0.3) is 0 Å². The first-order valence-electron chi connectivity index (χ1n) is 5.99. The lowest BCUT2D eigenvalue weighted by Gasteiger charge is -2.16. The Bertz CT molecular complexity index is 363. The van der Waals surface area contributed by atoms with Crippen LogP contribution in [-0.2, 0) is 6.42 Å². The van der Waals surface area contributed by atoms with Gasteiger partial charge in [0.25, 0.3) is 0 Å². The molecule has 1 saturated carbocycles. The Morgan fingerprint density at radius 2 is 2.06 bits per heavy atom. The van der Waals surface area contributed by atoms with Crippen LogP contribution in [0.5, 0.6) is 0 Å². The Morgan fingerprint density at radius 1 is 1.35 bits per heavy atom. The van der Waals surface area contributed by atoms with E-state index in [1.165, 1.54) is 0 Å². The number of hydrogen-bond donors (Lipinski definition) is 3. The molecule has 1 aromatic rings. The standard InChI is InChI=1S/C13H18N2O2/c16-9-12(8-10-4-2-1-3-5-10)15-13(17)14-11-6-7-11/h1-5,11-12,16H,6-9H2,(H2,14,15,17). The molecule has 1 aromatic carbocycles. The molecule has 1 fully saturated rings. The van der Waals surface area contributed by atoms with Gasteiger partial charge in [0.2, 0.25) is 0 Å². The zero-order valence-corrected chi connectivity index (χ0v) is 9.73. The highest BCUT2D eigenvalue weighted by molar-refractivity contribution is 5.74. The van der Waals surface area contributed by atoms with Crippen molar-refractivity contribution in [1.82, 2.24) is 10.6 Å². The van der Waals surface area contributed by atoms with Crippen molar-refractivity contribution in [2.75, 3.05) is 6.61 Å². The number of benzene rings is 1. The quantitative estimate of drug-likeness (QED) is 0.713. The number of carbonyl (C=O) groups excluding carboxylic acids is 1. The van der Waals surface area contributed by atoms with E-state index < -0.39 is 0 Å². The predicted molar refractivity (Wildman–Crippen MR) is 65.7 cm³/mol. The Labute approximate surface area is 101 Å². The molecule has 92 valence electrons. The molecule has 1 aliphatic carbocycles. The lowest BCUT2D eigenvalue weighted by molar-refractivity contribution is 0.215. The largest absolute Gasteiger partial charge is 0.394 e. The van der Waals surface area contributed by atoms with Gasteiger partial charge < -0.3 is 15.7 Å². The van der Waals surface area contributed by atoms with Crippen LogP contribution in [0.15, 0.2) is 30.3 Å². The summed E-state index contributed by atoms with van der Waals surface area (Å²) in [6, 6.07) is 9.77. The van der Waals surface area contributed by atoms with E-state index in [2.05, 4.69) is 10.6 Å². The fraction of sp³-hybridized carbons (Fsp3) is 0.462. The molecule has 4 nitrogen and oxygen atoms in total. The summed E-state index contributed by atoms with van der Waals surface area (Å²) in [6.07, 6.45) is 2.78. The van der Waals surface area contributed by atoms with Crippen LogP contribution in [0.4, 0.5) is 4.79 Å². The smallest absolute Gasteiger partial charge is 0.315 e. The van der Waals surface area contributed by atoms with Gasteiger partial charge in [0.15, 0.2) is 0 Å². The average molecular weight is 234 g/mol. The molecular weight excluding hydrogens is 216 g/mol. The highest BCUT2D eigenvalue weighted by Gasteiger charge is 2.24. The molecule has 0 heterocycles. The van der Waals surface area contributed by atoms with Gasteiger partial charge in [0.1, 0.15) is 0 Å². The second kappa shape index (κ2) is 5.68. The van der Waals surface area contributed by atoms with Crippen molar-refractivity contribution in [1.29, 1.82) is 0 Å². The topological polar surface area (TPSA) is 61.4 Å². The molecule has 1 aliphatic rings. The zero-order valence-electron chi connectivity index (χ0n) is 9.73. The summed E-state index contributed by atoms with van der Waals surface area (Å²) in [5.74, 6) is 0. The van der Waals surface area contributed by atoms with E-state index in [0.717, 1.165) is 18.4 Å². The second-order valence-corrected chi connectivity index (χ2v) is 4.46. The molecule has 17 heavy (non-hydrogen) atoms. The summed E-state index contributed by atoms with van der Waals surface area (Å²) in [5, 5.41) is 14.9. The lowest BCUT2D eigenvalue weighted by Crippen LogP contribution is -2.45. The number of amides is 2. The van der Waals surface area contributed by atoms with Crippen molar-refractivity contribution in [3.8, 4) is 0 Å². The number of rotatable bonds is 5. The van der Waals surface area contributed by atoms with Gasteiger partial charge >= 0.3 is 6.03 Å². The van der Waals surface area contributed by atoms with Gasteiger partial charge in [-0.05, 0) is 24.8 Å². The van der Waals surface area contributed by atoms with Crippen molar-refractivity contribution in [3.05, 3.63) is 35.9 Å². The Kier molecular flexibility index (Phi) is 3.98. The van der Waals surface area contributed by atoms with Crippen LogP contribution in [0.2, 0.25) is 0 Å². The van der Waals surface area contributed by atoms with Crippen LogP contribution >= 0.6 is 0 Å². The second-order valence-electron chi connectivity index (χ2n) is 4.46. The summed E-state index contributed by atoms with van der Waals surface area (Å²) >= 11 is 0. The van der Waals surface area contributed by atoms with E-state index in [-0.39, 0.29) is 18.7 Å². The monoisotopic (exact) mass is 234 g/mol. The average Bonchev–Trinajstić information content (AvgIpc) is 3.13. The molecule has 1 atom stereocenters. The van der Waals surface area contributed by atoms with E-state index in [0.29, 0.717) is 12.5 Å². The number of nitrogens with one attached hydrogen (secondary N) is 2. The van der Waals surface area contributed by atoms with Crippen LogP contribution in [0.3, 0.4) is 0 Å². The lowest BCUT2D eigenvalue weighted by atomic mass is 10.1. The van der Waals surface area contributed by atoms with E-state index >= 15 is 0 Å². The highest BCUT2D eigenvalue weighted by atomic mass is 16.3. The first-order valence-corrected chi connectivity index (χ1v) is 5.99. The molecule has 0 saturated heterocycles. The van der Waals surface area contributed by atoms with Gasteiger partial charge in [-0.1, -0.05) is 30.3 Å². The minimum atomic E-state index is -0.226. The molecule has 0 bridgehead atoms. The fourth-order valence-electron chi connectivity index (χ4n) is 1.70. The Balaban J connectivity index is 1.81. The van der Waals surface area contributed by atoms with Crippen LogP contribution in [0, 0.1) is 0 Å². The third-order valence-corrected chi connectivity index (χ3v) is 2.79. The number of aliphatic hydroxyl groups is 1. The molecule has 0 radical (unpaired) electrons. The predicted octanol–water partition coefficient (Wildman–Crippen LogP) is 1.05. The van der Waals surface area contributed by atoms with Gasteiger partial charge in [0, 0.05) is 6.04 Å². The number of hydrogen-bond acceptors (Lipinski definition) is 2. The molecule has 0 aliphatic heterocycles. The maximum atomic E-state index is 11.5. The summed E-state index contributed by atoms with van der Waals surface area (Å²) in [5.41, 5.74) is 1.11. The zero-order chi connectivity index (χ0) is 12.1. The molecule has 4 heteroatoms. The van der Waals surface area contributed by atoms with E-state index in [1.807, 2.05) is 30.3 Å². The van der Waals surface area contributed by atoms with Crippen LogP contribution in [-0.4, -0.2) is 29.8 Å². The first kappa shape index (κ1) is 11.9. The van der Waals surface area contributed by atoms with Gasteiger partial charge in [0.05, 0.1) is 12.6 Å². The van der Waals surface area contributed by atoms with Gasteiger partial charge in [-0.25, -0.2) is 4.79 Å². The normalized spacial score (nSPS) is 16.3. The summed E-state index contributed by atoms with van der Waals surface area (Å²) in [7, 11) is 0. The molecule has 0 aromatic heterocycles. The summed E-state index contributed by atoms with van der Waals surface area (Å²) in [6.45, 7) is -0.0486. The van der Waals surface area contributed by atoms with Crippen molar-refractivity contribution < 1.29 is 9.90 Å². The van der Waals surface area contributed by atoms with Crippen LogP contribution < -0.4 is 10.6 Å².